The number of hydrogen-bond donors (Lipinski definition) is 1. The Bertz CT molecular complexity index is 551. The summed E-state index contributed by atoms with van der Waals surface area (Å²) in [5, 5.41) is 9.54. The summed E-state index contributed by atoms with van der Waals surface area (Å²) in [5.41, 5.74) is 0. The molecule has 1 amide bonds. The van der Waals surface area contributed by atoms with Crippen LogP contribution in [0.1, 0.15) is 13.3 Å². The second kappa shape index (κ2) is 7.35. The number of aliphatic carboxylic acids is 1. The van der Waals surface area contributed by atoms with Crippen LogP contribution in [-0.4, -0.2) is 52.9 Å². The number of carbonyl (C=O) groups excluding carboxylic acids is 1. The van der Waals surface area contributed by atoms with E-state index in [0.717, 1.165) is 4.90 Å². The third-order valence-corrected chi connectivity index (χ3v) is 4.99. The highest BCUT2D eigenvalue weighted by atomic mass is 35.5. The van der Waals surface area contributed by atoms with Crippen molar-refractivity contribution in [2.75, 3.05) is 13.7 Å². The molecule has 5 nitrogen and oxygen atoms in total. The normalized spacial score (nSPS) is 22.6. The average molecular weight is 344 g/mol. The third kappa shape index (κ3) is 3.94. The van der Waals surface area contributed by atoms with Gasteiger partial charge in [-0.1, -0.05) is 11.6 Å². The topological polar surface area (TPSA) is 66.8 Å². The molecule has 0 radical (unpaired) electrons. The molecular weight excluding hydrogens is 326 g/mol. The van der Waals surface area contributed by atoms with Crippen LogP contribution >= 0.6 is 23.4 Å². The molecule has 2 rings (SSSR count). The second-order valence-corrected chi connectivity index (χ2v) is 7.00. The van der Waals surface area contributed by atoms with Gasteiger partial charge in [-0.2, -0.15) is 0 Å². The minimum atomic E-state index is -0.989. The fourth-order valence-corrected chi connectivity index (χ4v) is 3.51. The van der Waals surface area contributed by atoms with E-state index < -0.39 is 12.0 Å². The molecule has 0 bridgehead atoms. The van der Waals surface area contributed by atoms with Crippen molar-refractivity contribution in [3.63, 3.8) is 0 Å². The summed E-state index contributed by atoms with van der Waals surface area (Å²) in [4.78, 5) is 26.2. The van der Waals surface area contributed by atoms with Crippen molar-refractivity contribution in [3.05, 3.63) is 29.3 Å². The Hall–Kier alpha value is -1.24. The molecule has 3 atom stereocenters. The Morgan fingerprint density at radius 3 is 2.59 bits per heavy atom. The largest absolute Gasteiger partial charge is 0.480 e. The Morgan fingerprint density at radius 1 is 1.41 bits per heavy atom. The summed E-state index contributed by atoms with van der Waals surface area (Å²) in [7, 11) is 1.53. The first-order chi connectivity index (χ1) is 10.4. The number of ether oxygens (including phenoxy) is 1. The predicted molar refractivity (Wildman–Crippen MR) is 85.3 cm³/mol. The maximum Gasteiger partial charge on any atom is 0.326 e. The van der Waals surface area contributed by atoms with Gasteiger partial charge in [-0.3, -0.25) is 4.79 Å². The van der Waals surface area contributed by atoms with E-state index >= 15 is 0 Å². The highest BCUT2D eigenvalue weighted by Crippen LogP contribution is 2.29. The van der Waals surface area contributed by atoms with Gasteiger partial charge in [0, 0.05) is 30.0 Å². The molecule has 22 heavy (non-hydrogen) atoms. The fraction of sp³-hybridized carbons (Fsp3) is 0.467. The smallest absolute Gasteiger partial charge is 0.326 e. The maximum absolute atomic E-state index is 12.6. The molecule has 1 N–H and O–H groups in total. The number of carboxylic acids is 1. The molecule has 0 spiro atoms. The molecule has 1 aliphatic heterocycles. The molecule has 1 aromatic carbocycles. The van der Waals surface area contributed by atoms with Crippen molar-refractivity contribution < 1.29 is 19.4 Å². The number of benzene rings is 1. The van der Waals surface area contributed by atoms with Gasteiger partial charge in [0.2, 0.25) is 5.91 Å². The summed E-state index contributed by atoms with van der Waals surface area (Å²) in [6.07, 6.45) is 0.105. The fourth-order valence-electron chi connectivity index (χ4n) is 2.45. The molecule has 0 aromatic heterocycles. The summed E-state index contributed by atoms with van der Waals surface area (Å²) >= 11 is 7.22. The van der Waals surface area contributed by atoms with Gasteiger partial charge in [0.1, 0.15) is 6.04 Å². The molecule has 1 fully saturated rings. The van der Waals surface area contributed by atoms with Crippen LogP contribution in [0.25, 0.3) is 0 Å². The van der Waals surface area contributed by atoms with Gasteiger partial charge < -0.3 is 14.7 Å². The standard InChI is InChI=1S/C15H18ClNO4S/c1-9(22-12-5-3-10(16)4-6-12)14(18)17-8-11(21-2)7-13(17)15(19)20/h3-6,9,11,13H,7-8H2,1-2H3,(H,19,20). The first kappa shape index (κ1) is 17.1. The number of carbonyl (C=O) groups is 2. The molecule has 1 aliphatic rings. The summed E-state index contributed by atoms with van der Waals surface area (Å²) in [5.74, 6) is -1.18. The van der Waals surface area contributed by atoms with Crippen LogP contribution in [0.3, 0.4) is 0 Å². The Morgan fingerprint density at radius 2 is 2.05 bits per heavy atom. The van der Waals surface area contributed by atoms with E-state index in [2.05, 4.69) is 0 Å². The lowest BCUT2D eigenvalue weighted by Gasteiger charge is -2.24. The zero-order valence-electron chi connectivity index (χ0n) is 12.4. The number of halogens is 1. The van der Waals surface area contributed by atoms with Crippen molar-refractivity contribution >= 4 is 35.2 Å². The number of thioether (sulfide) groups is 1. The second-order valence-electron chi connectivity index (χ2n) is 5.15. The van der Waals surface area contributed by atoms with E-state index in [1.54, 1.807) is 19.1 Å². The van der Waals surface area contributed by atoms with Crippen LogP contribution in [0.15, 0.2) is 29.2 Å². The van der Waals surface area contributed by atoms with Crippen molar-refractivity contribution in [1.29, 1.82) is 0 Å². The Kier molecular flexibility index (Phi) is 5.72. The van der Waals surface area contributed by atoms with Crippen LogP contribution < -0.4 is 0 Å². The lowest BCUT2D eigenvalue weighted by atomic mass is 10.2. The Balaban J connectivity index is 2.05. The number of amides is 1. The zero-order chi connectivity index (χ0) is 16.3. The number of carboxylic acid groups (broad SMARTS) is 1. The zero-order valence-corrected chi connectivity index (χ0v) is 13.9. The van der Waals surface area contributed by atoms with Crippen LogP contribution in [0, 0.1) is 0 Å². The van der Waals surface area contributed by atoms with Gasteiger partial charge in [-0.25, -0.2) is 4.79 Å². The van der Waals surface area contributed by atoms with Crippen molar-refractivity contribution in [2.24, 2.45) is 0 Å². The highest BCUT2D eigenvalue weighted by molar-refractivity contribution is 8.00. The molecule has 1 heterocycles. The van der Waals surface area contributed by atoms with Gasteiger partial charge in [0.25, 0.3) is 0 Å². The van der Waals surface area contributed by atoms with E-state index in [4.69, 9.17) is 16.3 Å². The molecule has 7 heteroatoms. The van der Waals surface area contributed by atoms with E-state index in [9.17, 15) is 14.7 Å². The van der Waals surface area contributed by atoms with E-state index in [0.29, 0.717) is 18.0 Å². The van der Waals surface area contributed by atoms with Gasteiger partial charge in [-0.15, -0.1) is 11.8 Å². The first-order valence-corrected chi connectivity index (χ1v) is 8.16. The maximum atomic E-state index is 12.6. The Labute approximate surface area is 138 Å². The van der Waals surface area contributed by atoms with Crippen LogP contribution in [0.5, 0.6) is 0 Å². The molecule has 0 saturated carbocycles. The van der Waals surface area contributed by atoms with Crippen LogP contribution in [0.2, 0.25) is 5.02 Å². The highest BCUT2D eigenvalue weighted by Gasteiger charge is 2.41. The number of nitrogens with zero attached hydrogens (tertiary/aromatic N) is 1. The van der Waals surface area contributed by atoms with Crippen LogP contribution in [-0.2, 0) is 14.3 Å². The van der Waals surface area contributed by atoms with E-state index in [1.807, 2.05) is 12.1 Å². The van der Waals surface area contributed by atoms with Crippen molar-refractivity contribution in [3.8, 4) is 0 Å². The van der Waals surface area contributed by atoms with Crippen molar-refractivity contribution in [2.45, 2.75) is 35.6 Å². The first-order valence-electron chi connectivity index (χ1n) is 6.90. The number of hydrogen-bond acceptors (Lipinski definition) is 4. The third-order valence-electron chi connectivity index (χ3n) is 3.64. The summed E-state index contributed by atoms with van der Waals surface area (Å²) < 4.78 is 5.20. The quantitative estimate of drug-likeness (QED) is 0.832. The number of likely N-dealkylation sites (tertiary alicyclic amines) is 1. The molecular formula is C15H18ClNO4S. The molecule has 3 unspecified atom stereocenters. The SMILES string of the molecule is COC1CC(C(=O)O)N(C(=O)C(C)Sc2ccc(Cl)cc2)C1. The summed E-state index contributed by atoms with van der Waals surface area (Å²) in [6, 6.07) is 6.39. The van der Waals surface area contributed by atoms with E-state index in [-0.39, 0.29) is 17.3 Å². The van der Waals surface area contributed by atoms with Crippen molar-refractivity contribution in [1.82, 2.24) is 4.90 Å². The van der Waals surface area contributed by atoms with Gasteiger partial charge in [-0.05, 0) is 31.2 Å². The van der Waals surface area contributed by atoms with Gasteiger partial charge in [0.15, 0.2) is 0 Å². The minimum absolute atomic E-state index is 0.188. The average Bonchev–Trinajstić information content (AvgIpc) is 2.93. The van der Waals surface area contributed by atoms with Gasteiger partial charge >= 0.3 is 5.97 Å². The molecule has 1 saturated heterocycles. The number of methoxy groups -OCH3 is 1. The summed E-state index contributed by atoms with van der Waals surface area (Å²) in [6.45, 7) is 2.10. The van der Waals surface area contributed by atoms with Crippen LogP contribution in [0.4, 0.5) is 0 Å². The molecule has 1 aromatic rings. The van der Waals surface area contributed by atoms with E-state index in [1.165, 1.54) is 23.8 Å². The molecule has 0 aliphatic carbocycles. The molecule has 120 valence electrons. The lowest BCUT2D eigenvalue weighted by Crippen LogP contribution is -2.44. The number of rotatable bonds is 5. The van der Waals surface area contributed by atoms with Gasteiger partial charge in [0.05, 0.1) is 11.4 Å². The lowest BCUT2D eigenvalue weighted by molar-refractivity contribution is -0.147. The monoisotopic (exact) mass is 343 g/mol. The predicted octanol–water partition coefficient (Wildman–Crippen LogP) is 2.52. The minimum Gasteiger partial charge on any atom is -0.480 e.